The number of nitrogens with one attached hydrogen (secondary N) is 2. The zero-order chi connectivity index (χ0) is 17.8. The molecule has 1 aromatic carbocycles. The number of carbonyl (C=O) groups excluding carboxylic acids is 1. The molecule has 25 heavy (non-hydrogen) atoms. The maximum Gasteiger partial charge on any atom is 0.252 e. The Labute approximate surface area is 140 Å². The van der Waals surface area contributed by atoms with Crippen LogP contribution in [0.4, 0.5) is 14.6 Å². The van der Waals surface area contributed by atoms with E-state index in [-0.39, 0.29) is 36.2 Å². The van der Waals surface area contributed by atoms with E-state index in [0.29, 0.717) is 5.82 Å². The molecule has 0 unspecified atom stereocenters. The molecule has 0 spiro atoms. The van der Waals surface area contributed by atoms with Gasteiger partial charge in [-0.15, -0.1) is 0 Å². The number of nitrogens with zero attached hydrogens (tertiary/aromatic N) is 3. The van der Waals surface area contributed by atoms with E-state index in [2.05, 4.69) is 25.7 Å². The van der Waals surface area contributed by atoms with Crippen molar-refractivity contribution in [2.45, 2.75) is 13.5 Å². The van der Waals surface area contributed by atoms with Crippen LogP contribution >= 0.6 is 0 Å². The summed E-state index contributed by atoms with van der Waals surface area (Å²) >= 11 is 0. The molecule has 1 amide bonds. The van der Waals surface area contributed by atoms with Gasteiger partial charge in [0, 0.05) is 11.6 Å². The highest BCUT2D eigenvalue weighted by molar-refractivity contribution is 5.91. The molecule has 0 aliphatic carbocycles. The molecule has 0 aliphatic rings. The zero-order valence-electron chi connectivity index (χ0n) is 13.0. The number of amides is 1. The number of H-pyrrole nitrogens is 1. The molecule has 0 bridgehead atoms. The number of aromatic amines is 1. The summed E-state index contributed by atoms with van der Waals surface area (Å²) in [6.45, 7) is 1.39. The van der Waals surface area contributed by atoms with Crippen LogP contribution in [0.15, 0.2) is 28.8 Å². The number of ether oxygens (including phenoxy) is 1. The van der Waals surface area contributed by atoms with Crippen molar-refractivity contribution >= 4 is 11.7 Å². The number of hydrogen-bond acceptors (Lipinski definition) is 6. The van der Waals surface area contributed by atoms with Crippen molar-refractivity contribution in [3.8, 4) is 11.3 Å². The third-order valence-corrected chi connectivity index (χ3v) is 3.12. The van der Waals surface area contributed by atoms with E-state index in [4.69, 9.17) is 9.26 Å². The molecule has 0 aliphatic heterocycles. The summed E-state index contributed by atoms with van der Waals surface area (Å²) in [5, 5.41) is 12.4. The summed E-state index contributed by atoms with van der Waals surface area (Å²) in [6.07, 6.45) is 0. The van der Waals surface area contributed by atoms with Gasteiger partial charge in [0.1, 0.15) is 13.2 Å². The molecular formula is C15H13F2N5O3. The number of anilines is 1. The minimum Gasteiger partial charge on any atom is -0.362 e. The van der Waals surface area contributed by atoms with Crippen molar-refractivity contribution < 1.29 is 22.8 Å². The topological polar surface area (TPSA) is 106 Å². The molecule has 10 heteroatoms. The second kappa shape index (κ2) is 7.18. The monoisotopic (exact) mass is 349 g/mol. The van der Waals surface area contributed by atoms with Gasteiger partial charge in [-0.05, 0) is 19.1 Å². The first-order valence-corrected chi connectivity index (χ1v) is 7.19. The van der Waals surface area contributed by atoms with Crippen LogP contribution in [0.2, 0.25) is 0 Å². The van der Waals surface area contributed by atoms with Crippen LogP contribution in [-0.2, 0) is 16.1 Å². The summed E-state index contributed by atoms with van der Waals surface area (Å²) < 4.78 is 37.0. The molecule has 0 saturated carbocycles. The molecule has 130 valence electrons. The van der Waals surface area contributed by atoms with Crippen LogP contribution in [0.3, 0.4) is 0 Å². The molecule has 3 aromatic rings. The Hall–Kier alpha value is -3.14. The van der Waals surface area contributed by atoms with Gasteiger partial charge in [0.05, 0.1) is 5.69 Å². The lowest BCUT2D eigenvalue weighted by Gasteiger charge is -2.01. The number of aromatic nitrogens is 4. The van der Waals surface area contributed by atoms with Gasteiger partial charge in [0.2, 0.25) is 0 Å². The highest BCUT2D eigenvalue weighted by Gasteiger charge is 2.13. The fourth-order valence-corrected chi connectivity index (χ4v) is 2.04. The summed E-state index contributed by atoms with van der Waals surface area (Å²) in [6, 6.07) is 5.17. The van der Waals surface area contributed by atoms with Gasteiger partial charge in [-0.1, -0.05) is 11.2 Å². The lowest BCUT2D eigenvalue weighted by Crippen LogP contribution is -2.18. The van der Waals surface area contributed by atoms with Crippen LogP contribution < -0.4 is 5.32 Å². The maximum absolute atomic E-state index is 13.7. The number of aryl methyl sites for hydroxylation is 1. The van der Waals surface area contributed by atoms with E-state index < -0.39 is 17.5 Å². The Kier molecular flexibility index (Phi) is 4.80. The predicted molar refractivity (Wildman–Crippen MR) is 81.3 cm³/mol. The second-order valence-electron chi connectivity index (χ2n) is 5.04. The number of hydrogen-bond donors (Lipinski definition) is 2. The fraction of sp³-hybridized carbons (Fsp3) is 0.200. The smallest absolute Gasteiger partial charge is 0.252 e. The van der Waals surface area contributed by atoms with Crippen LogP contribution in [0.5, 0.6) is 0 Å². The van der Waals surface area contributed by atoms with E-state index in [1.807, 2.05) is 0 Å². The Morgan fingerprint density at radius 2 is 2.24 bits per heavy atom. The van der Waals surface area contributed by atoms with Gasteiger partial charge in [-0.2, -0.15) is 10.1 Å². The third kappa shape index (κ3) is 4.04. The molecule has 2 N–H and O–H groups in total. The maximum atomic E-state index is 13.7. The molecule has 8 nitrogen and oxygen atoms in total. The van der Waals surface area contributed by atoms with Gasteiger partial charge in [0.25, 0.3) is 11.8 Å². The Morgan fingerprint density at radius 1 is 1.40 bits per heavy atom. The first-order chi connectivity index (χ1) is 12.0. The highest BCUT2D eigenvalue weighted by Crippen LogP contribution is 2.24. The third-order valence-electron chi connectivity index (χ3n) is 3.12. The van der Waals surface area contributed by atoms with Gasteiger partial charge in [-0.3, -0.25) is 9.89 Å². The largest absolute Gasteiger partial charge is 0.362 e. The van der Waals surface area contributed by atoms with E-state index in [0.717, 1.165) is 6.07 Å². The standard InChI is InChI=1S/C15H13F2N5O3/c1-8-18-14(25-22-8)7-24-6-13(23)19-12-5-11(20-21-12)9-3-2-4-10(16)15(9)17/h2-5H,6-7H2,1H3,(H2,19,20,21,23). The Bertz CT molecular complexity index is 893. The summed E-state index contributed by atoms with van der Waals surface area (Å²) in [7, 11) is 0. The fourth-order valence-electron chi connectivity index (χ4n) is 2.04. The van der Waals surface area contributed by atoms with E-state index >= 15 is 0 Å². The number of halogens is 2. The molecule has 0 saturated heterocycles. The lowest BCUT2D eigenvalue weighted by molar-refractivity contribution is -0.121. The van der Waals surface area contributed by atoms with E-state index in [1.54, 1.807) is 6.92 Å². The van der Waals surface area contributed by atoms with Crippen LogP contribution in [0.25, 0.3) is 11.3 Å². The number of rotatable bonds is 6. The highest BCUT2D eigenvalue weighted by atomic mass is 19.2. The molecule has 0 fully saturated rings. The van der Waals surface area contributed by atoms with Crippen molar-refractivity contribution in [3.63, 3.8) is 0 Å². The minimum atomic E-state index is -0.998. The van der Waals surface area contributed by atoms with Crippen molar-refractivity contribution in [1.82, 2.24) is 20.3 Å². The van der Waals surface area contributed by atoms with Crippen molar-refractivity contribution in [3.05, 3.63) is 47.6 Å². The first kappa shape index (κ1) is 16.7. The molecule has 0 radical (unpaired) electrons. The van der Waals surface area contributed by atoms with Crippen LogP contribution in [-0.4, -0.2) is 32.9 Å². The number of carbonyl (C=O) groups is 1. The Morgan fingerprint density at radius 3 is 3.00 bits per heavy atom. The van der Waals surface area contributed by atoms with Crippen LogP contribution in [0.1, 0.15) is 11.7 Å². The first-order valence-electron chi connectivity index (χ1n) is 7.19. The normalized spacial score (nSPS) is 10.8. The van der Waals surface area contributed by atoms with Gasteiger partial charge in [0.15, 0.2) is 23.3 Å². The quantitative estimate of drug-likeness (QED) is 0.707. The Balaban J connectivity index is 1.55. The minimum absolute atomic E-state index is 0.00538. The molecule has 0 atom stereocenters. The lowest BCUT2D eigenvalue weighted by atomic mass is 10.1. The van der Waals surface area contributed by atoms with Crippen LogP contribution in [0, 0.1) is 18.6 Å². The zero-order valence-corrected chi connectivity index (χ0v) is 13.0. The predicted octanol–water partition coefficient (Wildman–Crippen LogP) is 2.20. The summed E-state index contributed by atoms with van der Waals surface area (Å²) in [4.78, 5) is 15.7. The van der Waals surface area contributed by atoms with Gasteiger partial charge < -0.3 is 14.6 Å². The molecule has 2 heterocycles. The molecule has 3 rings (SSSR count). The number of benzene rings is 1. The van der Waals surface area contributed by atoms with E-state index in [1.165, 1.54) is 18.2 Å². The second-order valence-corrected chi connectivity index (χ2v) is 5.04. The van der Waals surface area contributed by atoms with Crippen molar-refractivity contribution in [2.75, 3.05) is 11.9 Å². The van der Waals surface area contributed by atoms with Gasteiger partial charge in [-0.25, -0.2) is 8.78 Å². The summed E-state index contributed by atoms with van der Waals surface area (Å²) in [5.74, 6) is -1.56. The molecule has 2 aromatic heterocycles. The van der Waals surface area contributed by atoms with Gasteiger partial charge >= 0.3 is 0 Å². The summed E-state index contributed by atoms with van der Waals surface area (Å²) in [5.41, 5.74) is 0.241. The van der Waals surface area contributed by atoms with Crippen molar-refractivity contribution in [2.24, 2.45) is 0 Å². The average Bonchev–Trinajstić information content (AvgIpc) is 3.19. The average molecular weight is 349 g/mol. The van der Waals surface area contributed by atoms with E-state index in [9.17, 15) is 13.6 Å². The van der Waals surface area contributed by atoms with Crippen molar-refractivity contribution in [1.29, 1.82) is 0 Å². The molecular weight excluding hydrogens is 336 g/mol. The SMILES string of the molecule is Cc1noc(COCC(=O)Nc2cc(-c3cccc(F)c3F)[nH]n2)n1.